The van der Waals surface area contributed by atoms with Crippen LogP contribution in [0.4, 0.5) is 4.39 Å². The summed E-state index contributed by atoms with van der Waals surface area (Å²) in [4.78, 5) is 0. The lowest BCUT2D eigenvalue weighted by Gasteiger charge is -2.10. The van der Waals surface area contributed by atoms with E-state index in [2.05, 4.69) is 58.0 Å². The van der Waals surface area contributed by atoms with Crippen molar-refractivity contribution in [1.29, 1.82) is 0 Å². The molecule has 0 saturated heterocycles. The summed E-state index contributed by atoms with van der Waals surface area (Å²) in [6.07, 6.45) is 0. The fraction of sp³-hybridized carbons (Fsp3) is 0.231. The maximum atomic E-state index is 13.4. The number of benzene rings is 4. The number of rotatable bonds is 2. The van der Waals surface area contributed by atoms with Crippen LogP contribution in [0.2, 0.25) is 5.02 Å². The first kappa shape index (κ1) is 20.4. The second-order valence-corrected chi connectivity index (χ2v) is 8.08. The molecule has 0 aliphatic carbocycles. The van der Waals surface area contributed by atoms with Crippen molar-refractivity contribution in [2.24, 2.45) is 0 Å². The molecule has 0 nitrogen and oxygen atoms in total. The number of hydrogen-bond acceptors (Lipinski definition) is 0. The van der Waals surface area contributed by atoms with Gasteiger partial charge in [-0.05, 0) is 45.9 Å². The quantitative estimate of drug-likeness (QED) is 0.320. The second kappa shape index (κ2) is 8.75. The van der Waals surface area contributed by atoms with Crippen molar-refractivity contribution in [3.05, 3.63) is 94.8 Å². The fourth-order valence-electron chi connectivity index (χ4n) is 3.60. The van der Waals surface area contributed by atoms with Gasteiger partial charge in [-0.1, -0.05) is 100.0 Å². The van der Waals surface area contributed by atoms with Crippen LogP contribution in [-0.4, -0.2) is 0 Å². The van der Waals surface area contributed by atoms with Crippen molar-refractivity contribution >= 4 is 33.1 Å². The smallest absolute Gasteiger partial charge is 0.131 e. The van der Waals surface area contributed by atoms with Crippen molar-refractivity contribution in [1.82, 2.24) is 0 Å². The van der Waals surface area contributed by atoms with Gasteiger partial charge in [0.1, 0.15) is 5.82 Å². The monoisotopic (exact) mass is 392 g/mol. The molecule has 144 valence electrons. The lowest BCUT2D eigenvalue weighted by molar-refractivity contribution is 0.639. The molecular formula is C26H26ClF. The molecule has 0 amide bonds. The molecule has 2 heteroatoms. The van der Waals surface area contributed by atoms with Gasteiger partial charge in [-0.15, -0.1) is 0 Å². The average molecular weight is 393 g/mol. The highest BCUT2D eigenvalue weighted by Gasteiger charge is 2.07. The zero-order chi connectivity index (χ0) is 20.3. The number of halogens is 2. The van der Waals surface area contributed by atoms with Crippen LogP contribution in [0.25, 0.3) is 21.5 Å². The fourth-order valence-corrected chi connectivity index (χ4v) is 3.84. The maximum Gasteiger partial charge on any atom is 0.131 e. The van der Waals surface area contributed by atoms with Gasteiger partial charge >= 0.3 is 0 Å². The van der Waals surface area contributed by atoms with E-state index < -0.39 is 0 Å². The minimum Gasteiger partial charge on any atom is -0.206 e. The van der Waals surface area contributed by atoms with E-state index in [0.717, 1.165) is 21.2 Å². The van der Waals surface area contributed by atoms with Gasteiger partial charge in [-0.3, -0.25) is 0 Å². The molecule has 4 aromatic rings. The predicted octanol–water partition coefficient (Wildman–Crippen LogP) is 8.72. The van der Waals surface area contributed by atoms with Crippen LogP contribution in [0, 0.1) is 5.82 Å². The summed E-state index contributed by atoms with van der Waals surface area (Å²) in [5, 5.41) is 5.02. The number of fused-ring (bicyclic) bond motifs is 2. The van der Waals surface area contributed by atoms with Crippen LogP contribution in [0.3, 0.4) is 0 Å². The molecule has 0 heterocycles. The van der Waals surface area contributed by atoms with Crippen molar-refractivity contribution in [3.63, 3.8) is 0 Å². The summed E-state index contributed by atoms with van der Waals surface area (Å²) >= 11 is 6.13. The Morgan fingerprint density at radius 3 is 1.57 bits per heavy atom. The molecule has 0 aromatic heterocycles. The zero-order valence-corrected chi connectivity index (χ0v) is 17.6. The Kier molecular flexibility index (Phi) is 6.36. The third-order valence-electron chi connectivity index (χ3n) is 5.05. The molecular weight excluding hydrogens is 367 g/mol. The van der Waals surface area contributed by atoms with E-state index in [1.54, 1.807) is 6.07 Å². The Morgan fingerprint density at radius 2 is 1.00 bits per heavy atom. The largest absolute Gasteiger partial charge is 0.206 e. The molecule has 4 rings (SSSR count). The van der Waals surface area contributed by atoms with Crippen molar-refractivity contribution in [3.8, 4) is 0 Å². The summed E-state index contributed by atoms with van der Waals surface area (Å²) in [5.74, 6) is 0.836. The highest BCUT2D eigenvalue weighted by Crippen LogP contribution is 2.29. The van der Waals surface area contributed by atoms with Crippen LogP contribution < -0.4 is 0 Å². The van der Waals surface area contributed by atoms with Crippen LogP contribution >= 0.6 is 11.6 Å². The lowest BCUT2D eigenvalue weighted by atomic mass is 9.96. The minimum absolute atomic E-state index is 0.134. The first-order valence-corrected chi connectivity index (χ1v) is 10.1. The van der Waals surface area contributed by atoms with E-state index in [0.29, 0.717) is 11.8 Å². The van der Waals surface area contributed by atoms with E-state index >= 15 is 0 Å². The second-order valence-electron chi connectivity index (χ2n) is 7.67. The molecule has 0 atom stereocenters. The molecule has 0 aliphatic rings. The molecule has 0 aliphatic heterocycles. The molecule has 0 fully saturated rings. The van der Waals surface area contributed by atoms with Crippen molar-refractivity contribution < 1.29 is 4.39 Å². The molecule has 0 N–H and O–H groups in total. The maximum absolute atomic E-state index is 13.4. The zero-order valence-electron chi connectivity index (χ0n) is 16.8. The van der Waals surface area contributed by atoms with Gasteiger partial charge in [0.2, 0.25) is 0 Å². The highest BCUT2D eigenvalue weighted by atomic mass is 35.5. The van der Waals surface area contributed by atoms with Crippen LogP contribution in [0.5, 0.6) is 0 Å². The topological polar surface area (TPSA) is 0 Å². The predicted molar refractivity (Wildman–Crippen MR) is 121 cm³/mol. The average Bonchev–Trinajstić information content (AvgIpc) is 2.68. The normalized spacial score (nSPS) is 11.1. The molecule has 4 aromatic carbocycles. The Bertz CT molecular complexity index is 1010. The first-order chi connectivity index (χ1) is 13.4. The van der Waals surface area contributed by atoms with Crippen LogP contribution in [0.15, 0.2) is 72.8 Å². The Labute approximate surface area is 172 Å². The number of hydrogen-bond donors (Lipinski definition) is 0. The van der Waals surface area contributed by atoms with Gasteiger partial charge in [0, 0.05) is 15.8 Å². The standard InChI is InChI=1S/C13H13Cl.C13H13F/c2*1-9(2)10-5-3-7-12-11(10)6-4-8-13(12)14/h2*3-9H,1-2H3. The summed E-state index contributed by atoms with van der Waals surface area (Å²) < 4.78 is 13.4. The van der Waals surface area contributed by atoms with Gasteiger partial charge in [-0.25, -0.2) is 4.39 Å². The molecule has 0 unspecified atom stereocenters. The summed E-state index contributed by atoms with van der Waals surface area (Å²) in [6, 6.07) is 23.5. The summed E-state index contributed by atoms with van der Waals surface area (Å²) in [6.45, 7) is 8.66. The van der Waals surface area contributed by atoms with E-state index in [1.807, 2.05) is 30.3 Å². The van der Waals surface area contributed by atoms with Crippen LogP contribution in [-0.2, 0) is 0 Å². The molecule has 28 heavy (non-hydrogen) atoms. The van der Waals surface area contributed by atoms with E-state index in [4.69, 9.17) is 11.6 Å². The molecule has 0 bridgehead atoms. The summed E-state index contributed by atoms with van der Waals surface area (Å²) in [7, 11) is 0. The van der Waals surface area contributed by atoms with E-state index in [-0.39, 0.29) is 5.82 Å². The Balaban J connectivity index is 0.000000161. The van der Waals surface area contributed by atoms with Gasteiger partial charge in [-0.2, -0.15) is 0 Å². The Hall–Kier alpha value is -2.38. The van der Waals surface area contributed by atoms with Crippen molar-refractivity contribution in [2.45, 2.75) is 39.5 Å². The van der Waals surface area contributed by atoms with Gasteiger partial charge in [0.15, 0.2) is 0 Å². The Morgan fingerprint density at radius 1 is 0.571 bits per heavy atom. The van der Waals surface area contributed by atoms with Gasteiger partial charge < -0.3 is 0 Å². The molecule has 0 spiro atoms. The highest BCUT2D eigenvalue weighted by molar-refractivity contribution is 6.35. The molecule has 0 saturated carbocycles. The van der Waals surface area contributed by atoms with Crippen LogP contribution in [0.1, 0.15) is 50.7 Å². The minimum atomic E-state index is -0.134. The van der Waals surface area contributed by atoms with E-state index in [9.17, 15) is 4.39 Å². The third-order valence-corrected chi connectivity index (χ3v) is 5.38. The summed E-state index contributed by atoms with van der Waals surface area (Å²) in [5.41, 5.74) is 2.58. The van der Waals surface area contributed by atoms with Gasteiger partial charge in [0.25, 0.3) is 0 Å². The SMILES string of the molecule is CC(C)c1cccc2c(Cl)cccc12.CC(C)c1cccc2c(F)cccc12. The van der Waals surface area contributed by atoms with Gasteiger partial charge in [0.05, 0.1) is 0 Å². The van der Waals surface area contributed by atoms with E-state index in [1.165, 1.54) is 22.6 Å². The lowest BCUT2D eigenvalue weighted by Crippen LogP contribution is -1.90. The van der Waals surface area contributed by atoms with Crippen molar-refractivity contribution in [2.75, 3.05) is 0 Å². The third kappa shape index (κ3) is 4.20. The first-order valence-electron chi connectivity index (χ1n) is 9.74. The molecule has 0 radical (unpaired) electrons.